The number of aromatic amines is 1. The number of carbonyl (C=O) groups excluding carboxylic acids is 9. The van der Waals surface area contributed by atoms with Crippen LogP contribution in [-0.4, -0.2) is 117 Å². The molecule has 2 aromatic rings. The Hall–Kier alpha value is -6.04. The van der Waals surface area contributed by atoms with Gasteiger partial charge in [0, 0.05) is 50.5 Å². The topological polar surface area (TPSA) is 370 Å². The number of guanidine groups is 1. The average molecular weight is 990 g/mol. The number of aliphatic imine (C=N–C) groups is 1. The lowest BCUT2D eigenvalue weighted by atomic mass is 10.00. The largest absolute Gasteiger partial charge is 0.370 e. The molecule has 0 saturated carbocycles. The van der Waals surface area contributed by atoms with Gasteiger partial charge in [-0.1, -0.05) is 46.7 Å². The van der Waals surface area contributed by atoms with Gasteiger partial charge in [0.05, 0.1) is 16.0 Å². The van der Waals surface area contributed by atoms with Crippen LogP contribution in [0, 0.1) is 6.92 Å². The molecule has 2 rings (SSSR count). The van der Waals surface area contributed by atoms with Crippen molar-refractivity contribution in [2.45, 2.75) is 153 Å². The normalized spacial score (nSPS) is 13.6. The van der Waals surface area contributed by atoms with Crippen molar-refractivity contribution < 1.29 is 43.2 Å². The maximum atomic E-state index is 14.3. The van der Waals surface area contributed by atoms with E-state index in [1.165, 1.54) is 13.8 Å². The molecule has 0 fully saturated rings. The number of hydrogen-bond acceptors (Lipinski definition) is 12. The van der Waals surface area contributed by atoms with Gasteiger partial charge in [-0.3, -0.25) is 48.1 Å². The van der Waals surface area contributed by atoms with Crippen LogP contribution in [0.1, 0.15) is 111 Å². The van der Waals surface area contributed by atoms with Crippen LogP contribution in [0.25, 0.3) is 10.9 Å². The molecule has 68 heavy (non-hydrogen) atoms. The Morgan fingerprint density at radius 3 is 1.97 bits per heavy atom. The van der Waals surface area contributed by atoms with Crippen LogP contribution in [0.2, 0.25) is 0 Å². The van der Waals surface area contributed by atoms with E-state index in [-0.39, 0.29) is 56.4 Å². The van der Waals surface area contributed by atoms with Gasteiger partial charge in [0.1, 0.15) is 30.2 Å². The quantitative estimate of drug-likeness (QED) is 0.0161. The van der Waals surface area contributed by atoms with E-state index in [1.54, 1.807) is 34.6 Å². The number of aromatic nitrogens is 1. The molecular weight excluding hydrogens is 919 g/mol. The lowest BCUT2D eigenvalue weighted by Crippen LogP contribution is -2.63. The molecule has 1 aromatic heterocycles. The van der Waals surface area contributed by atoms with E-state index in [1.807, 2.05) is 31.3 Å². The summed E-state index contributed by atoms with van der Waals surface area (Å²) < 4.78 is -1.29. The number of rotatable bonds is 30. The zero-order valence-corrected chi connectivity index (χ0v) is 41.9. The van der Waals surface area contributed by atoms with E-state index in [0.29, 0.717) is 25.8 Å². The zero-order valence-electron chi connectivity index (χ0n) is 40.2. The van der Waals surface area contributed by atoms with E-state index in [2.05, 4.69) is 47.2 Å². The van der Waals surface area contributed by atoms with Gasteiger partial charge in [0.25, 0.3) is 0 Å². The SMILES string of the molecule is CC[C@H](NC(=O)[C@H](CC(N)=O)NC(=O)[C@@H](NC(=O)[C@@H](CCCN=C(N)N)NC(C)=O)C(C)(C)SSC(C)(C)NC(=O)[C@H](CCCCNC(C)=O)NC(=O)CCc1c[nH]c2c(C)cccc12)C(N)=O. The Morgan fingerprint density at radius 2 is 1.37 bits per heavy atom. The number of aryl methyl sites for hydroxylation is 2. The van der Waals surface area contributed by atoms with Gasteiger partial charge in [-0.25, -0.2) is 0 Å². The number of benzene rings is 1. The fourth-order valence-corrected chi connectivity index (χ4v) is 9.39. The number of fused-ring (bicyclic) bond motifs is 1. The minimum Gasteiger partial charge on any atom is -0.370 e. The number of hydrogen-bond donors (Lipinski definition) is 12. The number of amides is 9. The summed E-state index contributed by atoms with van der Waals surface area (Å²) in [7, 11) is 2.23. The Balaban J connectivity index is 2.39. The Bertz CT molecular complexity index is 2140. The number of carbonyl (C=O) groups is 9. The van der Waals surface area contributed by atoms with Crippen molar-refractivity contribution in [3.05, 3.63) is 35.5 Å². The van der Waals surface area contributed by atoms with E-state index < -0.39 is 87.6 Å². The predicted octanol–water partition coefficient (Wildman–Crippen LogP) is -0.00418. The summed E-state index contributed by atoms with van der Waals surface area (Å²) in [6.45, 7) is 13.4. The second-order valence-corrected chi connectivity index (χ2v) is 20.8. The summed E-state index contributed by atoms with van der Waals surface area (Å²) >= 11 is 0. The highest BCUT2D eigenvalue weighted by molar-refractivity contribution is 8.77. The van der Waals surface area contributed by atoms with Crippen molar-refractivity contribution in [3.8, 4) is 0 Å². The molecule has 0 aliphatic heterocycles. The molecule has 0 radical (unpaired) electrons. The number of nitrogens with zero attached hydrogens (tertiary/aromatic N) is 1. The molecule has 5 atom stereocenters. The van der Waals surface area contributed by atoms with Crippen LogP contribution < -0.4 is 60.2 Å². The van der Waals surface area contributed by atoms with Gasteiger partial charge >= 0.3 is 0 Å². The molecule has 0 aliphatic rings. The molecule has 0 unspecified atom stereocenters. The monoisotopic (exact) mass is 989 g/mol. The summed E-state index contributed by atoms with van der Waals surface area (Å²) in [5.41, 5.74) is 24.8. The van der Waals surface area contributed by atoms with Gasteiger partial charge in [-0.2, -0.15) is 0 Å². The first-order chi connectivity index (χ1) is 31.8. The van der Waals surface area contributed by atoms with Crippen LogP contribution in [0.3, 0.4) is 0 Å². The third kappa shape index (κ3) is 20.4. The number of H-pyrrole nitrogens is 1. The van der Waals surface area contributed by atoms with E-state index in [4.69, 9.17) is 22.9 Å². The summed E-state index contributed by atoms with van der Waals surface area (Å²) in [5.74, 6) is -6.17. The molecule has 0 bridgehead atoms. The number of nitrogens with two attached hydrogens (primary N) is 4. The molecule has 0 saturated heterocycles. The molecule has 16 N–H and O–H groups in total. The average Bonchev–Trinajstić information content (AvgIpc) is 3.66. The van der Waals surface area contributed by atoms with Crippen molar-refractivity contribution >= 4 is 91.6 Å². The first-order valence-electron chi connectivity index (χ1n) is 22.4. The number of primary amides is 2. The summed E-state index contributed by atoms with van der Waals surface area (Å²) in [4.78, 5) is 123. The Morgan fingerprint density at radius 1 is 0.735 bits per heavy atom. The van der Waals surface area contributed by atoms with E-state index >= 15 is 0 Å². The molecule has 1 aromatic carbocycles. The second-order valence-electron chi connectivity index (χ2n) is 17.4. The minimum atomic E-state index is -1.60. The first kappa shape index (κ1) is 58.1. The van der Waals surface area contributed by atoms with Crippen molar-refractivity contribution in [2.75, 3.05) is 13.1 Å². The minimum absolute atomic E-state index is 0.0593. The maximum Gasteiger partial charge on any atom is 0.244 e. The van der Waals surface area contributed by atoms with Gasteiger partial charge in [0.15, 0.2) is 5.96 Å². The first-order valence-corrected chi connectivity index (χ1v) is 24.5. The molecule has 1 heterocycles. The Labute approximate surface area is 405 Å². The fraction of sp³-hybridized carbons (Fsp3) is 0.591. The molecule has 24 heteroatoms. The summed E-state index contributed by atoms with van der Waals surface area (Å²) in [6, 6.07) is -0.410. The third-order valence-corrected chi connectivity index (χ3v) is 14.5. The van der Waals surface area contributed by atoms with Crippen LogP contribution >= 0.6 is 21.6 Å². The Kier molecular flexibility index (Phi) is 23.7. The van der Waals surface area contributed by atoms with E-state index in [0.717, 1.165) is 43.6 Å². The van der Waals surface area contributed by atoms with Gasteiger partial charge in [0.2, 0.25) is 53.2 Å². The van der Waals surface area contributed by atoms with Gasteiger partial charge < -0.3 is 65.1 Å². The van der Waals surface area contributed by atoms with Crippen molar-refractivity contribution in [1.29, 1.82) is 0 Å². The summed E-state index contributed by atoms with van der Waals surface area (Å²) in [5, 5.41) is 19.8. The molecule has 0 aliphatic carbocycles. The molecule has 0 spiro atoms. The van der Waals surface area contributed by atoms with Crippen LogP contribution in [-0.2, 0) is 49.6 Å². The standard InChI is InChI=1S/C44H71N13O9S2/c1-9-29(37(46)62)54-39(64)32(22-33(45)60)55-41(66)36(56-38(63)30(52-26(4)59)17-13-21-50-42(47)48)43(5,6)67-68-44(7,8)57-40(65)31(16-10-11-20-49-25(3)58)53-34(61)19-18-27-23-51-35-24(2)14-12-15-28(27)35/h12,14-15,23,29-32,36,51H,9-11,13,16-22H2,1-8H3,(H2,45,60)(H2,46,62)(H,49,58)(H,52,59)(H,53,61)(H,54,64)(H,55,66)(H,56,63)(H,57,65)(H4,47,48,50)/t29-,30+,31-,32-,36+/m0/s1. The van der Waals surface area contributed by atoms with Crippen LogP contribution in [0.4, 0.5) is 0 Å². The highest BCUT2D eigenvalue weighted by Crippen LogP contribution is 2.44. The number of para-hydroxylation sites is 1. The third-order valence-electron chi connectivity index (χ3n) is 10.5. The molecule has 378 valence electrons. The van der Waals surface area contributed by atoms with Gasteiger partial charge in [-0.15, -0.1) is 0 Å². The molecular formula is C44H71N13O9S2. The summed E-state index contributed by atoms with van der Waals surface area (Å²) in [6.07, 6.45) is 3.46. The fourth-order valence-electron chi connectivity index (χ4n) is 6.88. The van der Waals surface area contributed by atoms with Crippen molar-refractivity contribution in [2.24, 2.45) is 27.9 Å². The molecule has 9 amide bonds. The van der Waals surface area contributed by atoms with Crippen molar-refractivity contribution in [3.63, 3.8) is 0 Å². The van der Waals surface area contributed by atoms with Crippen LogP contribution in [0.5, 0.6) is 0 Å². The smallest absolute Gasteiger partial charge is 0.244 e. The van der Waals surface area contributed by atoms with Crippen molar-refractivity contribution in [1.82, 2.24) is 42.2 Å². The van der Waals surface area contributed by atoms with Crippen LogP contribution in [0.15, 0.2) is 29.4 Å². The second kappa shape index (κ2) is 27.7. The maximum absolute atomic E-state index is 14.3. The lowest BCUT2D eigenvalue weighted by Gasteiger charge is -2.37. The number of nitrogens with one attached hydrogen (secondary N) is 8. The number of unbranched alkanes of at least 4 members (excludes halogenated alkanes) is 1. The lowest BCUT2D eigenvalue weighted by molar-refractivity contribution is -0.135. The van der Waals surface area contributed by atoms with Gasteiger partial charge in [-0.05, 0) is 90.7 Å². The predicted molar refractivity (Wildman–Crippen MR) is 264 cm³/mol. The zero-order chi connectivity index (χ0) is 51.4. The highest BCUT2D eigenvalue weighted by atomic mass is 33.1. The highest BCUT2D eigenvalue weighted by Gasteiger charge is 2.42. The van der Waals surface area contributed by atoms with E-state index in [9.17, 15) is 43.2 Å². The molecule has 22 nitrogen and oxygen atoms in total.